The van der Waals surface area contributed by atoms with Crippen LogP contribution in [0.3, 0.4) is 0 Å². The lowest BCUT2D eigenvalue weighted by atomic mass is 10.2. The molecule has 0 saturated heterocycles. The number of para-hydroxylation sites is 1. The number of guanidine groups is 1. The van der Waals surface area contributed by atoms with Gasteiger partial charge < -0.3 is 16.4 Å². The van der Waals surface area contributed by atoms with Crippen molar-refractivity contribution in [2.24, 2.45) is 16.6 Å². The lowest BCUT2D eigenvalue weighted by Crippen LogP contribution is -2.31. The van der Waals surface area contributed by atoms with Crippen LogP contribution in [-0.4, -0.2) is 25.0 Å². The Labute approximate surface area is 107 Å². The van der Waals surface area contributed by atoms with Gasteiger partial charge in [0, 0.05) is 12.2 Å². The van der Waals surface area contributed by atoms with Crippen LogP contribution in [0, 0.1) is 5.92 Å². The second kappa shape index (κ2) is 7.32. The van der Waals surface area contributed by atoms with Gasteiger partial charge in [0.1, 0.15) is 6.54 Å². The number of anilines is 1. The maximum Gasteiger partial charge on any atom is 0.241 e. The lowest BCUT2D eigenvalue weighted by molar-refractivity contribution is -0.119. The number of nitrogens with zero attached hydrogens (tertiary/aromatic N) is 1. The number of hydrogen-bond acceptors (Lipinski definition) is 2. The minimum absolute atomic E-state index is 0.0401. The molecule has 5 heteroatoms. The van der Waals surface area contributed by atoms with Crippen LogP contribution in [-0.2, 0) is 4.79 Å². The van der Waals surface area contributed by atoms with Crippen molar-refractivity contribution in [2.45, 2.75) is 13.8 Å². The third-order valence-corrected chi connectivity index (χ3v) is 2.15. The maximum absolute atomic E-state index is 11.4. The molecule has 0 unspecified atom stereocenters. The van der Waals surface area contributed by atoms with Gasteiger partial charge in [-0.15, -0.1) is 0 Å². The average molecular weight is 248 g/mol. The zero-order valence-corrected chi connectivity index (χ0v) is 10.8. The summed E-state index contributed by atoms with van der Waals surface area (Å²) in [5.41, 5.74) is 6.52. The molecule has 0 aliphatic rings. The van der Waals surface area contributed by atoms with Gasteiger partial charge in [-0.3, -0.25) is 4.79 Å². The number of carbonyl (C=O) groups is 1. The Kier molecular flexibility index (Phi) is 5.70. The molecule has 98 valence electrons. The van der Waals surface area contributed by atoms with Gasteiger partial charge in [-0.1, -0.05) is 32.0 Å². The Hall–Kier alpha value is -2.04. The highest BCUT2D eigenvalue weighted by molar-refractivity contribution is 5.93. The molecule has 1 amide bonds. The molecular formula is C13H20N4O. The number of aliphatic imine (C=N–C) groups is 1. The number of amides is 1. The molecule has 0 saturated carbocycles. The van der Waals surface area contributed by atoms with E-state index in [1.165, 1.54) is 0 Å². The van der Waals surface area contributed by atoms with E-state index in [9.17, 15) is 4.79 Å². The minimum atomic E-state index is -0.124. The van der Waals surface area contributed by atoms with E-state index >= 15 is 0 Å². The molecule has 1 aromatic rings. The molecule has 0 heterocycles. The van der Waals surface area contributed by atoms with Crippen molar-refractivity contribution >= 4 is 17.6 Å². The quantitative estimate of drug-likeness (QED) is 0.541. The van der Waals surface area contributed by atoms with Gasteiger partial charge in [0.15, 0.2) is 5.96 Å². The summed E-state index contributed by atoms with van der Waals surface area (Å²) < 4.78 is 0. The van der Waals surface area contributed by atoms with Gasteiger partial charge in [-0.05, 0) is 18.1 Å². The van der Waals surface area contributed by atoms with Gasteiger partial charge >= 0.3 is 0 Å². The number of rotatable bonds is 5. The SMILES string of the molecule is CC(C)CNC(=O)CN=C(N)Nc1ccccc1. The molecule has 18 heavy (non-hydrogen) atoms. The predicted molar refractivity (Wildman–Crippen MR) is 74.4 cm³/mol. The van der Waals surface area contributed by atoms with E-state index < -0.39 is 0 Å². The molecule has 0 aromatic heterocycles. The first-order valence-corrected chi connectivity index (χ1v) is 5.96. The Balaban J connectivity index is 2.35. The molecule has 5 nitrogen and oxygen atoms in total. The van der Waals surface area contributed by atoms with Crippen molar-refractivity contribution in [3.63, 3.8) is 0 Å². The molecule has 0 bridgehead atoms. The zero-order chi connectivity index (χ0) is 13.4. The summed E-state index contributed by atoms with van der Waals surface area (Å²) in [7, 11) is 0. The second-order valence-electron chi connectivity index (χ2n) is 4.39. The topological polar surface area (TPSA) is 79.5 Å². The van der Waals surface area contributed by atoms with Crippen molar-refractivity contribution in [1.29, 1.82) is 0 Å². The summed E-state index contributed by atoms with van der Waals surface area (Å²) >= 11 is 0. The molecule has 0 atom stereocenters. The van der Waals surface area contributed by atoms with Crippen molar-refractivity contribution in [3.8, 4) is 0 Å². The molecule has 1 rings (SSSR count). The van der Waals surface area contributed by atoms with Crippen LogP contribution in [0.2, 0.25) is 0 Å². The number of benzene rings is 1. The Morgan fingerprint density at radius 3 is 2.61 bits per heavy atom. The molecular weight excluding hydrogens is 228 g/mol. The summed E-state index contributed by atoms with van der Waals surface area (Å²) in [6.07, 6.45) is 0. The van der Waals surface area contributed by atoms with Crippen molar-refractivity contribution < 1.29 is 4.79 Å². The van der Waals surface area contributed by atoms with Crippen LogP contribution in [0.15, 0.2) is 35.3 Å². The van der Waals surface area contributed by atoms with Crippen LogP contribution in [0.5, 0.6) is 0 Å². The molecule has 0 aliphatic heterocycles. The first-order chi connectivity index (χ1) is 8.58. The molecule has 0 spiro atoms. The first-order valence-electron chi connectivity index (χ1n) is 5.96. The highest BCUT2D eigenvalue weighted by Crippen LogP contribution is 2.03. The fraction of sp³-hybridized carbons (Fsp3) is 0.385. The zero-order valence-electron chi connectivity index (χ0n) is 10.8. The first kappa shape index (κ1) is 14.0. The van der Waals surface area contributed by atoms with Crippen LogP contribution in [0.25, 0.3) is 0 Å². The molecule has 1 aromatic carbocycles. The molecule has 0 fully saturated rings. The van der Waals surface area contributed by atoms with Gasteiger partial charge in [-0.2, -0.15) is 0 Å². The highest BCUT2D eigenvalue weighted by atomic mass is 16.1. The van der Waals surface area contributed by atoms with Gasteiger partial charge in [0.2, 0.25) is 5.91 Å². The summed E-state index contributed by atoms with van der Waals surface area (Å²) in [4.78, 5) is 15.4. The largest absolute Gasteiger partial charge is 0.370 e. The second-order valence-corrected chi connectivity index (χ2v) is 4.39. The number of hydrogen-bond donors (Lipinski definition) is 3. The molecule has 0 aliphatic carbocycles. The third-order valence-electron chi connectivity index (χ3n) is 2.15. The van der Waals surface area contributed by atoms with Crippen LogP contribution in [0.1, 0.15) is 13.8 Å². The van der Waals surface area contributed by atoms with Crippen molar-refractivity contribution in [3.05, 3.63) is 30.3 Å². The van der Waals surface area contributed by atoms with E-state index in [0.29, 0.717) is 12.5 Å². The van der Waals surface area contributed by atoms with E-state index in [2.05, 4.69) is 15.6 Å². The normalized spacial score (nSPS) is 11.4. The monoisotopic (exact) mass is 248 g/mol. The lowest BCUT2D eigenvalue weighted by Gasteiger charge is -2.07. The minimum Gasteiger partial charge on any atom is -0.370 e. The summed E-state index contributed by atoms with van der Waals surface area (Å²) in [5, 5.41) is 5.68. The van der Waals surface area contributed by atoms with Gasteiger partial charge in [0.25, 0.3) is 0 Å². The number of nitrogens with two attached hydrogens (primary N) is 1. The predicted octanol–water partition coefficient (Wildman–Crippen LogP) is 1.19. The maximum atomic E-state index is 11.4. The number of nitrogens with one attached hydrogen (secondary N) is 2. The molecule has 4 N–H and O–H groups in total. The Morgan fingerprint density at radius 1 is 1.33 bits per heavy atom. The van der Waals surface area contributed by atoms with Crippen LogP contribution >= 0.6 is 0 Å². The van der Waals surface area contributed by atoms with Gasteiger partial charge in [0.05, 0.1) is 0 Å². The molecule has 0 radical (unpaired) electrons. The van der Waals surface area contributed by atoms with Gasteiger partial charge in [-0.25, -0.2) is 4.99 Å². The standard InChI is InChI=1S/C13H20N4O/c1-10(2)8-15-12(18)9-16-13(14)17-11-6-4-3-5-7-11/h3-7,10H,8-9H2,1-2H3,(H,15,18)(H3,14,16,17). The van der Waals surface area contributed by atoms with Crippen LogP contribution in [0.4, 0.5) is 5.69 Å². The smallest absolute Gasteiger partial charge is 0.241 e. The summed E-state index contributed by atoms with van der Waals surface area (Å²) in [6.45, 7) is 4.77. The van der Waals surface area contributed by atoms with Crippen molar-refractivity contribution in [1.82, 2.24) is 5.32 Å². The van der Waals surface area contributed by atoms with E-state index in [1.54, 1.807) is 0 Å². The Bertz CT molecular complexity index is 401. The summed E-state index contributed by atoms with van der Waals surface area (Å²) in [5.74, 6) is 0.542. The highest BCUT2D eigenvalue weighted by Gasteiger charge is 2.01. The average Bonchev–Trinajstić information content (AvgIpc) is 2.35. The third kappa shape index (κ3) is 5.89. The Morgan fingerprint density at radius 2 is 2.00 bits per heavy atom. The fourth-order valence-corrected chi connectivity index (χ4v) is 1.24. The van der Waals surface area contributed by atoms with Crippen LogP contribution < -0.4 is 16.4 Å². The van der Waals surface area contributed by atoms with Crippen molar-refractivity contribution in [2.75, 3.05) is 18.4 Å². The van der Waals surface area contributed by atoms with E-state index in [-0.39, 0.29) is 18.4 Å². The summed E-state index contributed by atoms with van der Waals surface area (Å²) in [6, 6.07) is 9.45. The number of carbonyl (C=O) groups excluding carboxylic acids is 1. The van der Waals surface area contributed by atoms with E-state index in [0.717, 1.165) is 5.69 Å². The van der Waals surface area contributed by atoms with E-state index in [1.807, 2.05) is 44.2 Å². The fourth-order valence-electron chi connectivity index (χ4n) is 1.24. The van der Waals surface area contributed by atoms with E-state index in [4.69, 9.17) is 5.73 Å².